The maximum Gasteiger partial charge on any atom is 0.344 e. The molecule has 24 heavy (non-hydrogen) atoms. The fourth-order valence-electron chi connectivity index (χ4n) is 2.59. The molecular weight excluding hydrogens is 302 g/mol. The van der Waals surface area contributed by atoms with Gasteiger partial charge in [-0.3, -0.25) is 0 Å². The number of carbonyl (C=O) groups is 1. The van der Waals surface area contributed by atoms with E-state index >= 15 is 0 Å². The van der Waals surface area contributed by atoms with Crippen molar-refractivity contribution in [1.29, 1.82) is 0 Å². The zero-order chi connectivity index (χ0) is 18.2. The normalized spacial score (nSPS) is 11.6. The minimum atomic E-state index is -0.298. The summed E-state index contributed by atoms with van der Waals surface area (Å²) in [6.07, 6.45) is 0.881. The Labute approximate surface area is 147 Å². The first-order valence-corrected chi connectivity index (χ1v) is 9.03. The smallest absolute Gasteiger partial charge is 0.344 e. The molecule has 0 heterocycles. The van der Waals surface area contributed by atoms with Crippen LogP contribution in [0.2, 0.25) is 0 Å². The van der Waals surface area contributed by atoms with E-state index in [-0.39, 0.29) is 12.6 Å². The number of esters is 1. The van der Waals surface area contributed by atoms with Crippen LogP contribution in [0.25, 0.3) is 0 Å². The molecule has 0 radical (unpaired) electrons. The molecule has 1 aromatic rings. The van der Waals surface area contributed by atoms with Crippen molar-refractivity contribution in [3.8, 4) is 5.75 Å². The highest BCUT2D eigenvalue weighted by Gasteiger charge is 2.16. The average molecular weight is 336 g/mol. The molecule has 0 N–H and O–H groups in total. The molecule has 1 rings (SSSR count). The van der Waals surface area contributed by atoms with Crippen molar-refractivity contribution in [2.45, 2.75) is 47.0 Å². The van der Waals surface area contributed by atoms with E-state index in [0.29, 0.717) is 12.5 Å². The van der Waals surface area contributed by atoms with Gasteiger partial charge in [-0.15, -0.1) is 0 Å². The van der Waals surface area contributed by atoms with E-state index in [9.17, 15) is 4.79 Å². The molecule has 0 aliphatic rings. The van der Waals surface area contributed by atoms with Gasteiger partial charge in [0.2, 0.25) is 0 Å². The van der Waals surface area contributed by atoms with Crippen molar-refractivity contribution in [1.82, 2.24) is 0 Å². The summed E-state index contributed by atoms with van der Waals surface area (Å²) in [5.41, 5.74) is 2.24. The van der Waals surface area contributed by atoms with Gasteiger partial charge < -0.3 is 14.0 Å². The Kier molecular flexibility index (Phi) is 8.26. The van der Waals surface area contributed by atoms with Gasteiger partial charge in [-0.1, -0.05) is 26.0 Å². The number of quaternary nitrogens is 1. The molecule has 4 nitrogen and oxygen atoms in total. The van der Waals surface area contributed by atoms with Crippen LogP contribution in [-0.2, 0) is 9.53 Å². The van der Waals surface area contributed by atoms with Gasteiger partial charge in [-0.2, -0.15) is 0 Å². The van der Waals surface area contributed by atoms with Crippen LogP contribution in [0, 0.1) is 6.92 Å². The second kappa shape index (κ2) is 9.67. The van der Waals surface area contributed by atoms with E-state index < -0.39 is 0 Å². The van der Waals surface area contributed by atoms with Crippen molar-refractivity contribution in [2.24, 2.45) is 0 Å². The lowest BCUT2D eigenvalue weighted by atomic mass is 10.0. The number of benzene rings is 1. The summed E-state index contributed by atoms with van der Waals surface area (Å²) in [4.78, 5) is 11.9. The third-order valence-electron chi connectivity index (χ3n) is 4.77. The van der Waals surface area contributed by atoms with E-state index in [2.05, 4.69) is 46.9 Å². The number of ether oxygens (including phenoxy) is 2. The van der Waals surface area contributed by atoms with Crippen molar-refractivity contribution < 1.29 is 18.8 Å². The SMILES string of the molecule is CC[N+](C)(CC)CCCOC(=O)COc1cc(C)ccc1C(C)C. The zero-order valence-corrected chi connectivity index (χ0v) is 16.2. The van der Waals surface area contributed by atoms with Gasteiger partial charge in [-0.05, 0) is 43.9 Å². The molecule has 0 spiro atoms. The molecule has 0 unspecified atom stereocenters. The Hall–Kier alpha value is -1.55. The zero-order valence-electron chi connectivity index (χ0n) is 16.2. The number of hydrogen-bond donors (Lipinski definition) is 0. The molecule has 0 saturated heterocycles. The maximum absolute atomic E-state index is 11.9. The minimum absolute atomic E-state index is 0.0309. The van der Waals surface area contributed by atoms with Crippen molar-refractivity contribution >= 4 is 5.97 Å². The molecule has 0 aromatic heterocycles. The summed E-state index contributed by atoms with van der Waals surface area (Å²) in [5, 5.41) is 0. The fraction of sp³-hybridized carbons (Fsp3) is 0.650. The first-order chi connectivity index (χ1) is 11.3. The van der Waals surface area contributed by atoms with Crippen LogP contribution in [0.5, 0.6) is 5.75 Å². The third-order valence-corrected chi connectivity index (χ3v) is 4.77. The lowest BCUT2D eigenvalue weighted by Crippen LogP contribution is -2.44. The third kappa shape index (κ3) is 6.52. The molecule has 1 aromatic carbocycles. The standard InChI is InChI=1S/C20H34NO3/c1-7-21(6,8-2)12-9-13-23-20(22)15-24-19-14-17(5)10-11-18(19)16(3)4/h10-11,14,16H,7-9,12-13,15H2,1-6H3/q+1. The van der Waals surface area contributed by atoms with Crippen molar-refractivity contribution in [3.05, 3.63) is 29.3 Å². The second-order valence-corrected chi connectivity index (χ2v) is 7.03. The Morgan fingerprint density at radius 1 is 1.21 bits per heavy atom. The molecule has 0 aliphatic carbocycles. The lowest BCUT2D eigenvalue weighted by Gasteiger charge is -2.31. The first-order valence-electron chi connectivity index (χ1n) is 9.03. The number of nitrogens with zero attached hydrogens (tertiary/aromatic N) is 1. The monoisotopic (exact) mass is 336 g/mol. The van der Waals surface area contributed by atoms with E-state index in [1.54, 1.807) is 0 Å². The highest BCUT2D eigenvalue weighted by molar-refractivity contribution is 5.71. The van der Waals surface area contributed by atoms with Crippen LogP contribution in [0.4, 0.5) is 0 Å². The Morgan fingerprint density at radius 3 is 2.46 bits per heavy atom. The largest absolute Gasteiger partial charge is 0.482 e. The molecule has 0 aliphatic heterocycles. The van der Waals surface area contributed by atoms with Gasteiger partial charge in [0.15, 0.2) is 6.61 Å². The molecule has 0 bridgehead atoms. The van der Waals surface area contributed by atoms with Gasteiger partial charge in [0.25, 0.3) is 0 Å². The van der Waals surface area contributed by atoms with Crippen LogP contribution in [0.15, 0.2) is 18.2 Å². The highest BCUT2D eigenvalue weighted by atomic mass is 16.6. The summed E-state index contributed by atoms with van der Waals surface area (Å²) >= 11 is 0. The minimum Gasteiger partial charge on any atom is -0.482 e. The van der Waals surface area contributed by atoms with Gasteiger partial charge in [0.05, 0.1) is 33.3 Å². The molecule has 0 saturated carbocycles. The Balaban J connectivity index is 2.41. The lowest BCUT2D eigenvalue weighted by molar-refractivity contribution is -0.906. The summed E-state index contributed by atoms with van der Waals surface area (Å²) in [6, 6.07) is 6.11. The number of carbonyl (C=O) groups excluding carboxylic acids is 1. The van der Waals surface area contributed by atoms with Crippen LogP contribution in [0.3, 0.4) is 0 Å². The molecule has 0 atom stereocenters. The van der Waals surface area contributed by atoms with Crippen molar-refractivity contribution in [2.75, 3.05) is 39.9 Å². The van der Waals surface area contributed by atoms with Crippen molar-refractivity contribution in [3.63, 3.8) is 0 Å². The summed E-state index contributed by atoms with van der Waals surface area (Å²) in [6.45, 7) is 14.3. The maximum atomic E-state index is 11.9. The number of rotatable bonds is 10. The van der Waals surface area contributed by atoms with Crippen LogP contribution >= 0.6 is 0 Å². The average Bonchev–Trinajstić information content (AvgIpc) is 2.56. The molecule has 0 fully saturated rings. The Bertz CT molecular complexity index is 522. The van der Waals surface area contributed by atoms with Crippen LogP contribution < -0.4 is 4.74 Å². The predicted molar refractivity (Wildman–Crippen MR) is 98.5 cm³/mol. The predicted octanol–water partition coefficient (Wildman–Crippen LogP) is 3.92. The molecule has 136 valence electrons. The van der Waals surface area contributed by atoms with Gasteiger partial charge >= 0.3 is 5.97 Å². The first kappa shape index (κ1) is 20.5. The summed E-state index contributed by atoms with van der Waals surface area (Å²) in [5.74, 6) is 0.840. The van der Waals surface area contributed by atoms with E-state index in [4.69, 9.17) is 9.47 Å². The quantitative estimate of drug-likeness (QED) is 0.369. The van der Waals surface area contributed by atoms with E-state index in [1.807, 2.05) is 13.0 Å². The Morgan fingerprint density at radius 2 is 1.88 bits per heavy atom. The number of hydrogen-bond acceptors (Lipinski definition) is 3. The van der Waals surface area contributed by atoms with Gasteiger partial charge in [0, 0.05) is 6.42 Å². The van der Waals surface area contributed by atoms with Crippen LogP contribution in [-0.4, -0.2) is 50.3 Å². The van der Waals surface area contributed by atoms with Gasteiger partial charge in [0.1, 0.15) is 5.75 Å². The van der Waals surface area contributed by atoms with E-state index in [0.717, 1.165) is 47.4 Å². The molecular formula is C20H34NO3+. The molecule has 0 amide bonds. The number of aryl methyl sites for hydroxylation is 1. The highest BCUT2D eigenvalue weighted by Crippen LogP contribution is 2.27. The topological polar surface area (TPSA) is 35.5 Å². The fourth-order valence-corrected chi connectivity index (χ4v) is 2.59. The molecule has 4 heteroatoms. The summed E-state index contributed by atoms with van der Waals surface area (Å²) < 4.78 is 12.0. The van der Waals surface area contributed by atoms with Crippen LogP contribution in [0.1, 0.15) is 51.2 Å². The second-order valence-electron chi connectivity index (χ2n) is 7.03. The summed E-state index contributed by atoms with van der Waals surface area (Å²) in [7, 11) is 2.23. The van der Waals surface area contributed by atoms with E-state index in [1.165, 1.54) is 0 Å². The van der Waals surface area contributed by atoms with Gasteiger partial charge in [-0.25, -0.2) is 4.79 Å².